The van der Waals surface area contributed by atoms with Crippen LogP contribution in [0, 0.1) is 5.92 Å². The standard InChI is InChI=1S/C27H34N2O9.H2S/c1-13(2)21(25(33)34)28-24(32)15(30)12-19(31)37-17-7-8-27(35)18-11-14-5-6-16(36-4)22-20(14)26(27,23(17)38-22)9-10-29(18)3;/h5-7,13,15,18,21,23,30,35H,8-12H2,1-4H3,(H,28,32)(H,33,34);1H2/t15?,18-,21?,23?,26+,27-;/m1./s1. The van der Waals surface area contributed by atoms with Gasteiger partial charge in [0.25, 0.3) is 0 Å². The monoisotopic (exact) mass is 564 g/mol. The molecule has 12 heteroatoms. The molecular weight excluding hydrogens is 528 g/mol. The van der Waals surface area contributed by atoms with E-state index in [4.69, 9.17) is 14.2 Å². The lowest BCUT2D eigenvalue weighted by Crippen LogP contribution is -2.74. The van der Waals surface area contributed by atoms with Crippen LogP contribution >= 0.6 is 13.5 Å². The van der Waals surface area contributed by atoms with Crippen LogP contribution < -0.4 is 14.8 Å². The van der Waals surface area contributed by atoms with Gasteiger partial charge in [-0.2, -0.15) is 13.5 Å². The normalized spacial score (nSPS) is 29.7. The van der Waals surface area contributed by atoms with E-state index in [0.29, 0.717) is 30.9 Å². The van der Waals surface area contributed by atoms with Crippen LogP contribution in [0.3, 0.4) is 0 Å². The number of carbonyl (C=O) groups excluding carboxylic acids is 2. The number of esters is 1. The van der Waals surface area contributed by atoms with Crippen molar-refractivity contribution in [3.05, 3.63) is 35.1 Å². The van der Waals surface area contributed by atoms with Gasteiger partial charge in [-0.25, -0.2) is 4.79 Å². The molecule has 2 aliphatic heterocycles. The number of aliphatic carboxylic acids is 1. The lowest BCUT2D eigenvalue weighted by molar-refractivity contribution is -0.170. The Kier molecular flexibility index (Phi) is 7.71. The number of carbonyl (C=O) groups is 3. The molecule has 6 atom stereocenters. The molecule has 1 spiro atoms. The Labute approximate surface area is 233 Å². The highest BCUT2D eigenvalue weighted by atomic mass is 32.1. The third kappa shape index (κ3) is 4.28. The number of aliphatic hydroxyl groups excluding tert-OH is 1. The third-order valence-corrected chi connectivity index (χ3v) is 8.68. The van der Waals surface area contributed by atoms with Crippen molar-refractivity contribution in [3.8, 4) is 11.5 Å². The van der Waals surface area contributed by atoms with Crippen LogP contribution in [0.2, 0.25) is 0 Å². The van der Waals surface area contributed by atoms with Crippen molar-refractivity contribution in [2.24, 2.45) is 5.92 Å². The molecule has 3 unspecified atom stereocenters. The van der Waals surface area contributed by atoms with Crippen molar-refractivity contribution in [2.45, 2.75) is 74.8 Å². The summed E-state index contributed by atoms with van der Waals surface area (Å²) in [7, 11) is 3.54. The number of nitrogens with one attached hydrogen (secondary N) is 1. The van der Waals surface area contributed by atoms with Crippen molar-refractivity contribution in [1.29, 1.82) is 0 Å². The molecule has 0 radical (unpaired) electrons. The zero-order chi connectivity index (χ0) is 27.6. The zero-order valence-electron chi connectivity index (χ0n) is 22.4. The third-order valence-electron chi connectivity index (χ3n) is 8.68. The number of piperidine rings is 1. The number of methoxy groups -OCH3 is 1. The number of hydrogen-bond donors (Lipinski definition) is 4. The summed E-state index contributed by atoms with van der Waals surface area (Å²) < 4.78 is 17.7. The second-order valence-corrected chi connectivity index (χ2v) is 11.0. The molecule has 4 N–H and O–H groups in total. The van der Waals surface area contributed by atoms with Gasteiger partial charge in [0.1, 0.15) is 17.9 Å². The predicted molar refractivity (Wildman–Crippen MR) is 143 cm³/mol. The molecule has 2 heterocycles. The van der Waals surface area contributed by atoms with Crippen LogP contribution in [0.5, 0.6) is 11.5 Å². The van der Waals surface area contributed by atoms with E-state index >= 15 is 0 Å². The van der Waals surface area contributed by atoms with Crippen LogP contribution in [-0.4, -0.2) is 88.7 Å². The molecule has 11 nitrogen and oxygen atoms in total. The highest BCUT2D eigenvalue weighted by Crippen LogP contribution is 2.65. The molecule has 0 saturated carbocycles. The highest BCUT2D eigenvalue weighted by Gasteiger charge is 2.72. The first kappa shape index (κ1) is 29.2. The van der Waals surface area contributed by atoms with Gasteiger partial charge >= 0.3 is 11.9 Å². The molecule has 1 saturated heterocycles. The Morgan fingerprint density at radius 1 is 1.28 bits per heavy atom. The minimum atomic E-state index is -1.79. The summed E-state index contributed by atoms with van der Waals surface area (Å²) in [6.45, 7) is 3.95. The number of rotatable bonds is 8. The van der Waals surface area contributed by atoms with Crippen LogP contribution in [0.15, 0.2) is 24.0 Å². The average Bonchev–Trinajstić information content (AvgIpc) is 3.21. The Hall–Kier alpha value is -2.80. The maximum Gasteiger partial charge on any atom is 0.326 e. The van der Waals surface area contributed by atoms with Gasteiger partial charge in [-0.15, -0.1) is 0 Å². The largest absolute Gasteiger partial charge is 0.493 e. The topological polar surface area (TPSA) is 155 Å². The van der Waals surface area contributed by atoms with Gasteiger partial charge in [0.15, 0.2) is 17.6 Å². The quantitative estimate of drug-likeness (QED) is 0.330. The highest BCUT2D eigenvalue weighted by molar-refractivity contribution is 7.59. The lowest BCUT2D eigenvalue weighted by Gasteiger charge is -2.61. The van der Waals surface area contributed by atoms with Gasteiger partial charge in [0.2, 0.25) is 5.91 Å². The molecule has 214 valence electrons. The van der Waals surface area contributed by atoms with Gasteiger partial charge in [-0.05, 0) is 50.1 Å². The van der Waals surface area contributed by atoms with E-state index in [-0.39, 0.29) is 31.7 Å². The number of nitrogens with zero attached hydrogens (tertiary/aromatic N) is 1. The van der Waals surface area contributed by atoms with E-state index in [9.17, 15) is 29.7 Å². The van der Waals surface area contributed by atoms with Gasteiger partial charge < -0.3 is 39.7 Å². The Bertz CT molecular complexity index is 1220. The van der Waals surface area contributed by atoms with Crippen LogP contribution in [0.4, 0.5) is 0 Å². The zero-order valence-corrected chi connectivity index (χ0v) is 23.4. The predicted octanol–water partition coefficient (Wildman–Crippen LogP) is 0.605. The number of hydrogen-bond acceptors (Lipinski definition) is 9. The number of ether oxygens (including phenoxy) is 3. The fourth-order valence-electron chi connectivity index (χ4n) is 6.77. The molecule has 2 aliphatic carbocycles. The molecule has 1 fully saturated rings. The molecule has 1 aromatic carbocycles. The molecule has 39 heavy (non-hydrogen) atoms. The summed E-state index contributed by atoms with van der Waals surface area (Å²) in [5.74, 6) is -2.22. The van der Waals surface area contributed by atoms with Crippen molar-refractivity contribution >= 4 is 31.3 Å². The maximum absolute atomic E-state index is 12.9. The second-order valence-electron chi connectivity index (χ2n) is 11.0. The van der Waals surface area contributed by atoms with E-state index in [1.54, 1.807) is 27.0 Å². The second kappa shape index (κ2) is 10.3. The van der Waals surface area contributed by atoms with Gasteiger partial charge in [-0.3, -0.25) is 9.59 Å². The van der Waals surface area contributed by atoms with Crippen molar-refractivity contribution in [2.75, 3.05) is 20.7 Å². The van der Waals surface area contributed by atoms with E-state index in [2.05, 4.69) is 10.2 Å². The summed E-state index contributed by atoms with van der Waals surface area (Å²) in [5.41, 5.74) is -0.0631. The maximum atomic E-state index is 12.9. The van der Waals surface area contributed by atoms with Gasteiger partial charge in [0.05, 0.1) is 24.5 Å². The summed E-state index contributed by atoms with van der Waals surface area (Å²) in [6, 6.07) is 2.48. The number of likely N-dealkylation sites (tertiary alicyclic amines) is 1. The number of likely N-dealkylation sites (N-methyl/N-ethyl adjacent to an activating group) is 1. The molecular formula is C27H36N2O9S. The minimum absolute atomic E-state index is 0. The first-order valence-corrected chi connectivity index (χ1v) is 12.9. The number of aliphatic hydroxyl groups is 2. The molecule has 1 amide bonds. The first-order chi connectivity index (χ1) is 17.9. The molecule has 4 aliphatic rings. The molecule has 2 bridgehead atoms. The summed E-state index contributed by atoms with van der Waals surface area (Å²) in [4.78, 5) is 38.8. The Balaban J connectivity index is 0.00000353. The van der Waals surface area contributed by atoms with Crippen LogP contribution in [-0.2, 0) is 31.0 Å². The van der Waals surface area contributed by atoms with Crippen molar-refractivity contribution in [1.82, 2.24) is 10.2 Å². The van der Waals surface area contributed by atoms with E-state index < -0.39 is 59.5 Å². The fraction of sp³-hybridized carbons (Fsp3) is 0.593. The van der Waals surface area contributed by atoms with Crippen molar-refractivity contribution in [3.63, 3.8) is 0 Å². The van der Waals surface area contributed by atoms with E-state index in [1.807, 2.05) is 19.2 Å². The smallest absolute Gasteiger partial charge is 0.326 e. The Morgan fingerprint density at radius 2 is 2.00 bits per heavy atom. The lowest BCUT2D eigenvalue weighted by atomic mass is 9.50. The summed E-state index contributed by atoms with van der Waals surface area (Å²) >= 11 is 0. The van der Waals surface area contributed by atoms with Gasteiger partial charge in [-0.1, -0.05) is 19.9 Å². The van der Waals surface area contributed by atoms with E-state index in [0.717, 1.165) is 11.1 Å². The number of carboxylic acid groups (broad SMARTS) is 1. The average molecular weight is 565 g/mol. The van der Waals surface area contributed by atoms with E-state index in [1.165, 1.54) is 0 Å². The summed E-state index contributed by atoms with van der Waals surface area (Å²) in [5, 5.41) is 34.0. The molecule has 0 aromatic heterocycles. The van der Waals surface area contributed by atoms with Crippen LogP contribution in [0.25, 0.3) is 0 Å². The Morgan fingerprint density at radius 3 is 2.64 bits per heavy atom. The number of amides is 1. The van der Waals surface area contributed by atoms with Gasteiger partial charge in [0, 0.05) is 18.0 Å². The minimum Gasteiger partial charge on any atom is -0.493 e. The number of benzene rings is 1. The fourth-order valence-corrected chi connectivity index (χ4v) is 6.77. The first-order valence-electron chi connectivity index (χ1n) is 12.9. The summed E-state index contributed by atoms with van der Waals surface area (Å²) in [6.07, 6.45) is -0.159. The molecule has 5 rings (SSSR count). The SMILES string of the molecule is COc1ccc2c3c1OC1C(OC(=O)CC(O)C(=O)NC(C(=O)O)C(C)C)=CC[C@@]4(O)[C@@H](C2)N(C)CC[C@]314.S. The van der Waals surface area contributed by atoms with Crippen molar-refractivity contribution < 1.29 is 43.9 Å². The van der Waals surface area contributed by atoms with Crippen LogP contribution in [0.1, 0.15) is 44.2 Å². The number of carboxylic acids is 1. The molecule has 1 aromatic rings.